The normalized spacial score (nSPS) is 14.7. The average molecular weight is 348 g/mol. The summed E-state index contributed by atoms with van der Waals surface area (Å²) in [5.41, 5.74) is 2.33. The number of benzene rings is 2. The Kier molecular flexibility index (Phi) is 6.10. The molecule has 0 radical (unpaired) electrons. The molecule has 0 nitrogen and oxygen atoms in total. The van der Waals surface area contributed by atoms with Crippen molar-refractivity contribution in [1.29, 1.82) is 0 Å². The van der Waals surface area contributed by atoms with Gasteiger partial charge in [-0.05, 0) is 11.1 Å². The third-order valence-corrected chi connectivity index (χ3v) is 4.44. The molecule has 0 amide bonds. The molecule has 102 valence electrons. The minimum Gasteiger partial charge on any atom is -0.117 e. The van der Waals surface area contributed by atoms with Crippen molar-refractivity contribution < 1.29 is 0 Å². The molecule has 0 aromatic heterocycles. The second kappa shape index (κ2) is 8.08. The van der Waals surface area contributed by atoms with Crippen LogP contribution in [-0.2, 0) is 0 Å². The van der Waals surface area contributed by atoms with E-state index in [0.717, 1.165) is 5.56 Å². The van der Waals surface area contributed by atoms with E-state index in [0.29, 0.717) is 0 Å². The highest BCUT2D eigenvalue weighted by Gasteiger charge is 2.09. The Labute approximate surface area is 133 Å². The average Bonchev–Trinajstić information content (AvgIpc) is 2.52. The molecule has 2 atom stereocenters. The van der Waals surface area contributed by atoms with E-state index in [2.05, 4.69) is 52.3 Å². The van der Waals surface area contributed by atoms with Crippen LogP contribution in [0.1, 0.15) is 11.1 Å². The number of rotatable bonds is 5. The van der Waals surface area contributed by atoms with E-state index in [4.69, 9.17) is 11.6 Å². The summed E-state index contributed by atoms with van der Waals surface area (Å²) in [7, 11) is 0. The molecule has 0 aliphatic rings. The summed E-state index contributed by atoms with van der Waals surface area (Å²) in [5, 5.41) is -0.0878. The van der Waals surface area contributed by atoms with Crippen LogP contribution < -0.4 is 0 Å². The first-order valence-electron chi connectivity index (χ1n) is 6.50. The van der Waals surface area contributed by atoms with Crippen LogP contribution in [0.5, 0.6) is 0 Å². The second-order valence-corrected chi connectivity index (χ2v) is 5.99. The highest BCUT2D eigenvalue weighted by molar-refractivity contribution is 9.09. The Morgan fingerprint density at radius 2 is 1.20 bits per heavy atom. The van der Waals surface area contributed by atoms with E-state index in [1.165, 1.54) is 5.56 Å². The van der Waals surface area contributed by atoms with Gasteiger partial charge in [-0.3, -0.25) is 0 Å². The fraction of sp³-hybridized carbons (Fsp3) is 0.111. The number of hydrogen-bond donors (Lipinski definition) is 0. The zero-order valence-corrected chi connectivity index (χ0v) is 13.3. The molecular formula is C18H16BrCl. The molecule has 0 heterocycles. The summed E-state index contributed by atoms with van der Waals surface area (Å²) in [4.78, 5) is 0.101. The largest absolute Gasteiger partial charge is 0.117 e. The van der Waals surface area contributed by atoms with Crippen LogP contribution in [0.4, 0.5) is 0 Å². The summed E-state index contributed by atoms with van der Waals surface area (Å²) in [6, 6.07) is 20.4. The van der Waals surface area contributed by atoms with Crippen LogP contribution in [0.2, 0.25) is 0 Å². The summed E-state index contributed by atoms with van der Waals surface area (Å²) in [6.45, 7) is 0. The zero-order chi connectivity index (χ0) is 14.2. The summed E-state index contributed by atoms with van der Waals surface area (Å²) in [5.74, 6) is 0. The first kappa shape index (κ1) is 15.1. The summed E-state index contributed by atoms with van der Waals surface area (Å²) < 4.78 is 0. The van der Waals surface area contributed by atoms with Gasteiger partial charge >= 0.3 is 0 Å². The van der Waals surface area contributed by atoms with Crippen molar-refractivity contribution >= 4 is 39.7 Å². The van der Waals surface area contributed by atoms with E-state index >= 15 is 0 Å². The van der Waals surface area contributed by atoms with Gasteiger partial charge in [0, 0.05) is 0 Å². The van der Waals surface area contributed by atoms with Crippen LogP contribution in [0.25, 0.3) is 12.2 Å². The molecule has 2 aromatic carbocycles. The molecule has 0 saturated heterocycles. The first-order chi connectivity index (χ1) is 9.75. The lowest BCUT2D eigenvalue weighted by molar-refractivity contribution is 1.11. The monoisotopic (exact) mass is 346 g/mol. The van der Waals surface area contributed by atoms with Crippen LogP contribution in [-0.4, -0.2) is 10.2 Å². The van der Waals surface area contributed by atoms with E-state index < -0.39 is 0 Å². The van der Waals surface area contributed by atoms with Gasteiger partial charge in [-0.25, -0.2) is 0 Å². The van der Waals surface area contributed by atoms with Gasteiger partial charge in [0.2, 0.25) is 0 Å². The minimum absolute atomic E-state index is 0.0878. The molecule has 0 aliphatic heterocycles. The molecule has 0 N–H and O–H groups in total. The van der Waals surface area contributed by atoms with E-state index in [1.54, 1.807) is 0 Å². The zero-order valence-electron chi connectivity index (χ0n) is 11.0. The van der Waals surface area contributed by atoms with Crippen molar-refractivity contribution in [2.24, 2.45) is 0 Å². The van der Waals surface area contributed by atoms with Gasteiger partial charge in [-0.1, -0.05) is 101 Å². The minimum atomic E-state index is -0.0878. The van der Waals surface area contributed by atoms with Gasteiger partial charge < -0.3 is 0 Å². The number of allylic oxidation sites excluding steroid dienone is 2. The molecule has 2 aromatic rings. The smallest absolute Gasteiger partial charge is 0.0679 e. The Balaban J connectivity index is 1.94. The molecule has 0 bridgehead atoms. The van der Waals surface area contributed by atoms with E-state index in [-0.39, 0.29) is 10.2 Å². The highest BCUT2D eigenvalue weighted by Crippen LogP contribution is 2.18. The third-order valence-electron chi connectivity index (χ3n) is 2.85. The van der Waals surface area contributed by atoms with Gasteiger partial charge in [0.05, 0.1) is 10.2 Å². The Bertz CT molecular complexity index is 507. The predicted octanol–water partition coefficient (Wildman–Crippen LogP) is 5.78. The Morgan fingerprint density at radius 1 is 0.750 bits per heavy atom. The summed E-state index contributed by atoms with van der Waals surface area (Å²) in [6.07, 6.45) is 8.20. The SMILES string of the molecule is ClC(/C=C/c1ccccc1)C(Br)/C=C/c1ccccc1. The maximum absolute atomic E-state index is 6.36. The fourth-order valence-electron chi connectivity index (χ4n) is 1.75. The maximum atomic E-state index is 6.36. The van der Waals surface area contributed by atoms with Gasteiger partial charge in [0.1, 0.15) is 0 Å². The second-order valence-electron chi connectivity index (χ2n) is 4.43. The van der Waals surface area contributed by atoms with Crippen LogP contribution in [0.3, 0.4) is 0 Å². The number of halogens is 2. The van der Waals surface area contributed by atoms with Crippen LogP contribution in [0, 0.1) is 0 Å². The lowest BCUT2D eigenvalue weighted by atomic mass is 10.1. The molecule has 0 fully saturated rings. The van der Waals surface area contributed by atoms with Crippen LogP contribution in [0.15, 0.2) is 72.8 Å². The van der Waals surface area contributed by atoms with Crippen molar-refractivity contribution in [2.45, 2.75) is 10.2 Å². The molecule has 0 saturated carbocycles. The Hall–Kier alpha value is -1.31. The molecule has 0 spiro atoms. The van der Waals surface area contributed by atoms with Crippen molar-refractivity contribution in [3.63, 3.8) is 0 Å². The van der Waals surface area contributed by atoms with E-state index in [9.17, 15) is 0 Å². The quantitative estimate of drug-likeness (QED) is 0.601. The lowest BCUT2D eigenvalue weighted by Gasteiger charge is -2.08. The molecule has 2 rings (SSSR count). The van der Waals surface area contributed by atoms with Gasteiger partial charge in [-0.15, -0.1) is 11.6 Å². The Morgan fingerprint density at radius 3 is 1.70 bits per heavy atom. The van der Waals surface area contributed by atoms with Gasteiger partial charge in [-0.2, -0.15) is 0 Å². The highest BCUT2D eigenvalue weighted by atomic mass is 79.9. The molecule has 20 heavy (non-hydrogen) atoms. The third kappa shape index (κ3) is 4.99. The van der Waals surface area contributed by atoms with Crippen molar-refractivity contribution in [1.82, 2.24) is 0 Å². The van der Waals surface area contributed by atoms with Crippen molar-refractivity contribution in [3.05, 3.63) is 83.9 Å². The lowest BCUT2D eigenvalue weighted by Crippen LogP contribution is -2.07. The molecule has 0 aliphatic carbocycles. The van der Waals surface area contributed by atoms with Gasteiger partial charge in [0.25, 0.3) is 0 Å². The van der Waals surface area contributed by atoms with Crippen LogP contribution >= 0.6 is 27.5 Å². The number of alkyl halides is 2. The van der Waals surface area contributed by atoms with Crippen molar-refractivity contribution in [2.75, 3.05) is 0 Å². The molecule has 2 heteroatoms. The predicted molar refractivity (Wildman–Crippen MR) is 93.3 cm³/mol. The van der Waals surface area contributed by atoms with Crippen molar-refractivity contribution in [3.8, 4) is 0 Å². The topological polar surface area (TPSA) is 0 Å². The first-order valence-corrected chi connectivity index (χ1v) is 7.85. The summed E-state index contributed by atoms with van der Waals surface area (Å²) >= 11 is 9.97. The van der Waals surface area contributed by atoms with Gasteiger partial charge in [0.15, 0.2) is 0 Å². The maximum Gasteiger partial charge on any atom is 0.0679 e. The van der Waals surface area contributed by atoms with E-state index in [1.807, 2.05) is 48.6 Å². The molecular weight excluding hydrogens is 332 g/mol. The standard InChI is InChI=1S/C18H16BrCl/c19-17(13-11-15-7-3-1-4-8-15)18(20)14-12-16-9-5-2-6-10-16/h1-14,17-18H/b13-11+,14-12+. The number of hydrogen-bond acceptors (Lipinski definition) is 0. The fourth-order valence-corrected chi connectivity index (χ4v) is 2.23. The molecule has 2 unspecified atom stereocenters.